The second-order valence-corrected chi connectivity index (χ2v) is 21.2. The monoisotopic (exact) mass is 1060 g/mol. The van der Waals surface area contributed by atoms with Crippen molar-refractivity contribution in [3.05, 3.63) is 126 Å². The summed E-state index contributed by atoms with van der Waals surface area (Å²) in [5.74, 6) is -0.0362. The van der Waals surface area contributed by atoms with Crippen molar-refractivity contribution in [3.8, 4) is 23.0 Å². The number of aromatic carboxylic acids is 1. The number of halogens is 2. The fourth-order valence-corrected chi connectivity index (χ4v) is 11.5. The van der Waals surface area contributed by atoms with Gasteiger partial charge in [-0.05, 0) is 144 Å². The number of hydrogen-bond acceptors (Lipinski definition) is 12. The first kappa shape index (κ1) is 45.9. The number of carboxylic acids is 1. The van der Waals surface area contributed by atoms with Gasteiger partial charge in [-0.1, -0.05) is 12.1 Å². The van der Waals surface area contributed by atoms with Crippen molar-refractivity contribution in [2.75, 3.05) is 7.05 Å². The van der Waals surface area contributed by atoms with Crippen LogP contribution in [0.4, 0.5) is 0 Å². The maximum Gasteiger partial charge on any atom is 0.354 e. The van der Waals surface area contributed by atoms with Gasteiger partial charge in [-0.25, -0.2) is 24.7 Å². The van der Waals surface area contributed by atoms with E-state index in [1.807, 2.05) is 60.7 Å². The molecule has 20 heteroatoms. The van der Waals surface area contributed by atoms with Crippen LogP contribution in [0.15, 0.2) is 105 Å². The molecule has 4 N–H and O–H groups in total. The Hall–Kier alpha value is -6.22. The topological polar surface area (TPSA) is 212 Å². The number of fused-ring (bicyclic) bond motifs is 2. The molecular weight excluding hydrogens is 1020 g/mol. The third kappa shape index (κ3) is 10.2. The van der Waals surface area contributed by atoms with Gasteiger partial charge in [-0.2, -0.15) is 0 Å². The number of carbonyl (C=O) groups excluding carboxylic acids is 3. The number of nitrogens with zero attached hydrogens (tertiary/aromatic N) is 8. The molecule has 0 aromatic carbocycles. The highest BCUT2D eigenvalue weighted by atomic mass is 79.9. The molecule has 8 aromatic heterocycles. The average molecular weight is 1070 g/mol. The highest BCUT2D eigenvalue weighted by Gasteiger charge is 2.31. The van der Waals surface area contributed by atoms with E-state index in [2.05, 4.69) is 76.9 Å². The Morgan fingerprint density at radius 3 is 1.52 bits per heavy atom. The van der Waals surface area contributed by atoms with Gasteiger partial charge < -0.3 is 30.2 Å². The van der Waals surface area contributed by atoms with Crippen LogP contribution in [0.1, 0.15) is 104 Å². The van der Waals surface area contributed by atoms with Crippen molar-refractivity contribution in [2.24, 2.45) is 0 Å². The minimum absolute atomic E-state index is 0.0254. The van der Waals surface area contributed by atoms with E-state index in [1.54, 1.807) is 37.9 Å². The van der Waals surface area contributed by atoms with Gasteiger partial charge in [0.05, 0.1) is 51.8 Å². The van der Waals surface area contributed by atoms with Crippen LogP contribution < -0.4 is 16.0 Å². The van der Waals surface area contributed by atoms with E-state index in [1.165, 1.54) is 28.7 Å². The molecule has 2 aliphatic carbocycles. The molecule has 0 spiro atoms. The molecule has 2 aliphatic rings. The number of carboxylic acid groups (broad SMARTS) is 1. The summed E-state index contributed by atoms with van der Waals surface area (Å²) >= 11 is 9.68. The van der Waals surface area contributed by atoms with Crippen LogP contribution in [0, 0.1) is 0 Å². The van der Waals surface area contributed by atoms with Gasteiger partial charge in [0.2, 0.25) is 0 Å². The molecule has 10 rings (SSSR count). The lowest BCUT2D eigenvalue weighted by Gasteiger charge is -2.31. The smallest absolute Gasteiger partial charge is 0.354 e. The molecule has 67 heavy (non-hydrogen) atoms. The van der Waals surface area contributed by atoms with Crippen LogP contribution in [-0.4, -0.2) is 87.0 Å². The summed E-state index contributed by atoms with van der Waals surface area (Å²) in [6, 6.07) is 22.3. The normalized spacial score (nSPS) is 18.2. The Kier molecular flexibility index (Phi) is 13.9. The van der Waals surface area contributed by atoms with Crippen molar-refractivity contribution < 1.29 is 24.3 Å². The molecule has 4 atom stereocenters. The predicted octanol–water partition coefficient (Wildman–Crippen LogP) is 9.52. The Balaban J connectivity index is 0.000000168. The maximum atomic E-state index is 12.8. The SMILES string of the molecule is CNC(=O)c1cc2nc(-c3ccccn3)n([C@@H]3CCC[C@H](NC(=O)c4ccc(Br)s4)C3)c2cn1.O=C(O)c1cc2nc(-c3ccccn3)n([C@@H]3CCC[C@H](NC(=O)c4ccc(Br)s4)C3)c2cn1. The zero-order valence-electron chi connectivity index (χ0n) is 35.9. The van der Waals surface area contributed by atoms with Crippen LogP contribution in [0.5, 0.6) is 0 Å². The third-order valence-corrected chi connectivity index (χ3v) is 15.2. The number of imidazole rings is 2. The van der Waals surface area contributed by atoms with Gasteiger partial charge in [0.25, 0.3) is 17.7 Å². The Morgan fingerprint density at radius 1 is 0.627 bits per heavy atom. The van der Waals surface area contributed by atoms with Crippen LogP contribution in [0.3, 0.4) is 0 Å². The summed E-state index contributed by atoms with van der Waals surface area (Å²) in [6.45, 7) is 0. The number of nitrogens with one attached hydrogen (secondary N) is 3. The van der Waals surface area contributed by atoms with Gasteiger partial charge in [0, 0.05) is 43.6 Å². The zero-order valence-corrected chi connectivity index (χ0v) is 40.7. The first-order valence-corrected chi connectivity index (χ1v) is 24.9. The molecule has 0 unspecified atom stereocenters. The highest BCUT2D eigenvalue weighted by molar-refractivity contribution is 9.11. The Morgan fingerprint density at radius 2 is 1.10 bits per heavy atom. The number of pyridine rings is 4. The molecule has 8 aromatic rings. The Labute approximate surface area is 409 Å². The molecule has 0 aliphatic heterocycles. The minimum Gasteiger partial charge on any atom is -0.477 e. The predicted molar refractivity (Wildman–Crippen MR) is 263 cm³/mol. The summed E-state index contributed by atoms with van der Waals surface area (Å²) in [4.78, 5) is 77.5. The van der Waals surface area contributed by atoms with Gasteiger partial charge >= 0.3 is 5.97 Å². The first-order valence-electron chi connectivity index (χ1n) is 21.7. The minimum atomic E-state index is -1.09. The van der Waals surface area contributed by atoms with Crippen LogP contribution in [0.25, 0.3) is 45.1 Å². The third-order valence-electron chi connectivity index (χ3n) is 11.9. The van der Waals surface area contributed by atoms with Gasteiger partial charge in [-0.15, -0.1) is 22.7 Å². The fourth-order valence-electron chi connectivity index (χ4n) is 8.89. The molecule has 2 saturated carbocycles. The summed E-state index contributed by atoms with van der Waals surface area (Å²) < 4.78 is 6.15. The van der Waals surface area contributed by atoms with Crippen molar-refractivity contribution in [2.45, 2.75) is 75.5 Å². The van der Waals surface area contributed by atoms with Crippen LogP contribution >= 0.6 is 54.5 Å². The lowest BCUT2D eigenvalue weighted by Crippen LogP contribution is -2.38. The molecule has 0 radical (unpaired) electrons. The summed E-state index contributed by atoms with van der Waals surface area (Å²) in [5, 5.41) is 18.4. The maximum absolute atomic E-state index is 12.8. The van der Waals surface area contributed by atoms with E-state index in [0.29, 0.717) is 38.0 Å². The number of aromatic nitrogens is 8. The second-order valence-electron chi connectivity index (χ2n) is 16.2. The molecule has 8 heterocycles. The van der Waals surface area contributed by atoms with Crippen molar-refractivity contribution >= 4 is 100 Å². The lowest BCUT2D eigenvalue weighted by atomic mass is 9.90. The van der Waals surface area contributed by atoms with Gasteiger partial charge in [0.15, 0.2) is 11.6 Å². The molecule has 342 valence electrons. The first-order chi connectivity index (χ1) is 32.5. The van der Waals surface area contributed by atoms with Crippen LogP contribution in [0.2, 0.25) is 0 Å². The van der Waals surface area contributed by atoms with Crippen molar-refractivity contribution in [3.63, 3.8) is 0 Å². The molecule has 2 fully saturated rings. The van der Waals surface area contributed by atoms with E-state index < -0.39 is 5.97 Å². The number of hydrogen-bond donors (Lipinski definition) is 4. The zero-order chi connectivity index (χ0) is 46.6. The van der Waals surface area contributed by atoms with E-state index in [0.717, 1.165) is 81.5 Å². The highest BCUT2D eigenvalue weighted by Crippen LogP contribution is 2.38. The number of amides is 3. The van der Waals surface area contributed by atoms with Gasteiger partial charge in [0.1, 0.15) is 22.8 Å². The largest absolute Gasteiger partial charge is 0.477 e. The van der Waals surface area contributed by atoms with Crippen molar-refractivity contribution in [1.82, 2.24) is 55.0 Å². The van der Waals surface area contributed by atoms with E-state index in [9.17, 15) is 24.3 Å². The van der Waals surface area contributed by atoms with E-state index in [4.69, 9.17) is 9.97 Å². The molecular formula is C47H43Br2N11O5S2. The number of thiophene rings is 2. The quantitative estimate of drug-likeness (QED) is 0.101. The van der Waals surface area contributed by atoms with Crippen LogP contribution in [-0.2, 0) is 0 Å². The lowest BCUT2D eigenvalue weighted by molar-refractivity contribution is 0.0689. The summed E-state index contributed by atoms with van der Waals surface area (Å²) in [5.41, 5.74) is 4.63. The van der Waals surface area contributed by atoms with E-state index in [-0.39, 0.29) is 47.6 Å². The average Bonchev–Trinajstić information content (AvgIpc) is 4.17. The summed E-state index contributed by atoms with van der Waals surface area (Å²) in [6.07, 6.45) is 13.9. The molecule has 16 nitrogen and oxygen atoms in total. The number of rotatable bonds is 10. The molecule has 0 bridgehead atoms. The second kappa shape index (κ2) is 20.3. The number of carbonyl (C=O) groups is 4. The van der Waals surface area contributed by atoms with Gasteiger partial charge in [-0.3, -0.25) is 24.4 Å². The van der Waals surface area contributed by atoms with E-state index >= 15 is 0 Å². The van der Waals surface area contributed by atoms with Crippen molar-refractivity contribution in [1.29, 1.82) is 0 Å². The fraction of sp³-hybridized carbons (Fsp3) is 0.277. The summed E-state index contributed by atoms with van der Waals surface area (Å²) in [7, 11) is 1.58. The standard InChI is InChI=1S/C24H23BrN6O2S.C23H20BrN5O3S/c1-26-23(32)18-12-17-19(13-28-18)31(22(30-17)16-7-2-3-10-27-16)15-6-4-5-14(11-15)29-24(33)20-8-9-21(25)34-20;24-20-8-7-19(33-20)22(30)27-13-4-3-5-14(10-13)29-18-12-26-17(23(31)32)11-16(18)28-21(29)15-6-1-2-9-25-15/h2-3,7-10,12-15H,4-6,11H2,1H3,(H,26,32)(H,29,33);1-2,6-9,11-14H,3-5,10H2,(H,27,30)(H,31,32)/t14-,15+;13-,14+/m00/s1. The molecule has 0 saturated heterocycles. The molecule has 3 amide bonds. The Bertz CT molecular complexity index is 3100.